The lowest BCUT2D eigenvalue weighted by Crippen LogP contribution is -2.16. The fraction of sp³-hybridized carbons (Fsp3) is 0.0870. The van der Waals surface area contributed by atoms with Crippen molar-refractivity contribution in [2.45, 2.75) is 13.8 Å². The molecule has 2 N–H and O–H groups in total. The Labute approximate surface area is 168 Å². The second kappa shape index (κ2) is 7.59. The van der Waals surface area contributed by atoms with Crippen LogP contribution in [0.15, 0.2) is 72.9 Å². The normalized spacial score (nSPS) is 10.7. The fourth-order valence-electron chi connectivity index (χ4n) is 3.19. The van der Waals surface area contributed by atoms with Crippen molar-refractivity contribution in [3.05, 3.63) is 95.6 Å². The third-order valence-corrected chi connectivity index (χ3v) is 4.52. The number of aromatic nitrogens is 2. The summed E-state index contributed by atoms with van der Waals surface area (Å²) in [7, 11) is 0. The fourth-order valence-corrected chi connectivity index (χ4v) is 3.19. The highest BCUT2D eigenvalue weighted by Crippen LogP contribution is 2.18. The molecule has 0 saturated heterocycles. The molecule has 0 saturated carbocycles. The molecule has 29 heavy (non-hydrogen) atoms. The number of fused-ring (bicyclic) bond motifs is 1. The van der Waals surface area contributed by atoms with E-state index in [1.165, 1.54) is 0 Å². The summed E-state index contributed by atoms with van der Waals surface area (Å²) in [5.74, 6) is -0.600. The van der Waals surface area contributed by atoms with Crippen LogP contribution in [0.5, 0.6) is 0 Å². The molecule has 0 spiro atoms. The number of hydrogen-bond acceptors (Lipinski definition) is 3. The van der Waals surface area contributed by atoms with Crippen LogP contribution in [-0.4, -0.2) is 21.2 Å². The Morgan fingerprint density at radius 1 is 0.793 bits per heavy atom. The lowest BCUT2D eigenvalue weighted by atomic mass is 10.2. The molecule has 0 radical (unpaired) electrons. The number of anilines is 2. The van der Waals surface area contributed by atoms with Crippen molar-refractivity contribution >= 4 is 28.7 Å². The van der Waals surface area contributed by atoms with E-state index in [9.17, 15) is 9.59 Å². The number of imidazole rings is 1. The van der Waals surface area contributed by atoms with Crippen LogP contribution in [-0.2, 0) is 0 Å². The van der Waals surface area contributed by atoms with Crippen LogP contribution in [0.1, 0.15) is 32.2 Å². The van der Waals surface area contributed by atoms with Crippen LogP contribution < -0.4 is 10.6 Å². The first-order chi connectivity index (χ1) is 14.0. The van der Waals surface area contributed by atoms with E-state index >= 15 is 0 Å². The number of pyridine rings is 1. The molecule has 0 aliphatic carbocycles. The summed E-state index contributed by atoms with van der Waals surface area (Å²) < 4.78 is 1.62. The van der Waals surface area contributed by atoms with E-state index in [2.05, 4.69) is 15.6 Å². The molecule has 6 heteroatoms. The zero-order chi connectivity index (χ0) is 20.4. The van der Waals surface area contributed by atoms with Crippen molar-refractivity contribution in [3.8, 4) is 0 Å². The van der Waals surface area contributed by atoms with E-state index in [0.29, 0.717) is 16.9 Å². The second-order valence-electron chi connectivity index (χ2n) is 6.89. The van der Waals surface area contributed by atoms with E-state index in [1.54, 1.807) is 22.7 Å². The van der Waals surface area contributed by atoms with Crippen LogP contribution in [0.2, 0.25) is 0 Å². The van der Waals surface area contributed by atoms with Crippen molar-refractivity contribution in [2.24, 2.45) is 0 Å². The van der Waals surface area contributed by atoms with Gasteiger partial charge in [0.1, 0.15) is 0 Å². The molecular formula is C23H20N4O2. The maximum atomic E-state index is 12.9. The van der Waals surface area contributed by atoms with Crippen molar-refractivity contribution in [1.29, 1.82) is 0 Å². The molecule has 4 aromatic rings. The molecule has 2 amide bonds. The number of nitrogens with zero attached hydrogens (tertiary/aromatic N) is 2. The Kier molecular flexibility index (Phi) is 4.83. The second-order valence-corrected chi connectivity index (χ2v) is 6.89. The van der Waals surface area contributed by atoms with Gasteiger partial charge in [0.05, 0.1) is 5.52 Å². The van der Waals surface area contributed by atoms with Crippen LogP contribution in [0, 0.1) is 13.8 Å². The molecule has 6 nitrogen and oxygen atoms in total. The van der Waals surface area contributed by atoms with Crippen molar-refractivity contribution in [3.63, 3.8) is 0 Å². The average molecular weight is 384 g/mol. The number of carbonyl (C=O) groups excluding carboxylic acids is 2. The van der Waals surface area contributed by atoms with Crippen LogP contribution >= 0.6 is 0 Å². The Hall–Kier alpha value is -3.93. The van der Waals surface area contributed by atoms with Gasteiger partial charge in [-0.25, -0.2) is 4.98 Å². The smallest absolute Gasteiger partial charge is 0.292 e. The third kappa shape index (κ3) is 3.87. The molecule has 0 unspecified atom stereocenters. The van der Waals surface area contributed by atoms with Crippen molar-refractivity contribution in [2.75, 3.05) is 10.6 Å². The first-order valence-corrected chi connectivity index (χ1v) is 9.24. The van der Waals surface area contributed by atoms with Crippen molar-refractivity contribution in [1.82, 2.24) is 9.38 Å². The minimum absolute atomic E-state index is 0.150. The molecule has 2 aromatic heterocycles. The topological polar surface area (TPSA) is 75.5 Å². The molecular weight excluding hydrogens is 364 g/mol. The summed E-state index contributed by atoms with van der Waals surface area (Å²) in [5, 5.41) is 5.70. The zero-order valence-corrected chi connectivity index (χ0v) is 16.1. The van der Waals surface area contributed by atoms with Gasteiger partial charge >= 0.3 is 0 Å². The quantitative estimate of drug-likeness (QED) is 0.546. The summed E-state index contributed by atoms with van der Waals surface area (Å²) in [5.41, 5.74) is 4.18. The summed E-state index contributed by atoms with van der Waals surface area (Å²) in [4.78, 5) is 30.1. The van der Waals surface area contributed by atoms with E-state index in [4.69, 9.17) is 0 Å². The van der Waals surface area contributed by atoms with Gasteiger partial charge < -0.3 is 10.6 Å². The predicted molar refractivity (Wildman–Crippen MR) is 113 cm³/mol. The zero-order valence-electron chi connectivity index (χ0n) is 16.1. The van der Waals surface area contributed by atoms with Gasteiger partial charge in [-0.05, 0) is 61.4 Å². The van der Waals surface area contributed by atoms with E-state index in [-0.39, 0.29) is 23.3 Å². The number of rotatable bonds is 4. The van der Waals surface area contributed by atoms with Gasteiger partial charge in [0.2, 0.25) is 5.82 Å². The predicted octanol–water partition coefficient (Wildman–Crippen LogP) is 4.46. The van der Waals surface area contributed by atoms with E-state index in [1.807, 2.05) is 68.4 Å². The van der Waals surface area contributed by atoms with Crippen LogP contribution in [0.4, 0.5) is 11.4 Å². The highest BCUT2D eigenvalue weighted by Gasteiger charge is 2.21. The first-order valence-electron chi connectivity index (χ1n) is 9.24. The maximum absolute atomic E-state index is 12.9. The summed E-state index contributed by atoms with van der Waals surface area (Å²) in [6.07, 6.45) is 1.72. The summed E-state index contributed by atoms with van der Waals surface area (Å²) in [6.45, 7) is 3.91. The third-order valence-electron chi connectivity index (χ3n) is 4.52. The number of hydrogen-bond donors (Lipinski definition) is 2. The number of nitrogens with one attached hydrogen (secondary N) is 2. The largest absolute Gasteiger partial charge is 0.321 e. The molecule has 0 bridgehead atoms. The molecule has 144 valence electrons. The lowest BCUT2D eigenvalue weighted by molar-refractivity contribution is 0.101. The van der Waals surface area contributed by atoms with Gasteiger partial charge in [-0.3, -0.25) is 14.0 Å². The number of aryl methyl sites for hydroxylation is 2. The Bertz CT molecular complexity index is 1130. The molecule has 2 heterocycles. The molecule has 2 aromatic carbocycles. The minimum Gasteiger partial charge on any atom is -0.321 e. The number of amides is 2. The van der Waals surface area contributed by atoms with Gasteiger partial charge in [-0.2, -0.15) is 0 Å². The Morgan fingerprint density at radius 2 is 1.41 bits per heavy atom. The molecule has 0 fully saturated rings. The van der Waals surface area contributed by atoms with Gasteiger partial charge in [0.15, 0.2) is 5.69 Å². The van der Waals surface area contributed by atoms with Gasteiger partial charge in [-0.1, -0.05) is 30.3 Å². The van der Waals surface area contributed by atoms with Gasteiger partial charge in [-0.15, -0.1) is 0 Å². The summed E-state index contributed by atoms with van der Waals surface area (Å²) in [6, 6.07) is 20.4. The highest BCUT2D eigenvalue weighted by molar-refractivity contribution is 6.10. The van der Waals surface area contributed by atoms with Crippen molar-refractivity contribution < 1.29 is 9.59 Å². The van der Waals surface area contributed by atoms with Gasteiger partial charge in [0, 0.05) is 17.6 Å². The lowest BCUT2D eigenvalue weighted by Gasteiger charge is -2.05. The Balaban J connectivity index is 1.67. The van der Waals surface area contributed by atoms with E-state index < -0.39 is 0 Å². The summed E-state index contributed by atoms with van der Waals surface area (Å²) >= 11 is 0. The Morgan fingerprint density at radius 3 is 2.03 bits per heavy atom. The van der Waals surface area contributed by atoms with Crippen LogP contribution in [0.3, 0.4) is 0 Å². The average Bonchev–Trinajstić information content (AvgIpc) is 3.08. The monoisotopic (exact) mass is 384 g/mol. The maximum Gasteiger partial charge on any atom is 0.292 e. The standard InChI is InChI=1S/C23H20N4O2/c1-15-7-5-9-17(13-15)24-22(28)20-19-11-3-4-12-27(19)21(26-20)23(29)25-18-10-6-8-16(2)14-18/h3-14H,1-2H3,(H,24,28)(H,25,29). The molecule has 0 aliphatic heterocycles. The number of benzene rings is 2. The minimum atomic E-state index is -0.383. The highest BCUT2D eigenvalue weighted by atomic mass is 16.2. The molecule has 0 aliphatic rings. The SMILES string of the molecule is Cc1cccc(NC(=O)c2nc(C(=O)Nc3cccc(C)c3)n3ccccc23)c1. The first kappa shape index (κ1) is 18.4. The molecule has 4 rings (SSSR count). The van der Waals surface area contributed by atoms with Gasteiger partial charge in [0.25, 0.3) is 11.8 Å². The van der Waals surface area contributed by atoms with Crippen LogP contribution in [0.25, 0.3) is 5.52 Å². The van der Waals surface area contributed by atoms with E-state index in [0.717, 1.165) is 11.1 Å². The number of carbonyl (C=O) groups is 2. The molecule has 0 atom stereocenters.